The highest BCUT2D eigenvalue weighted by Gasteiger charge is 2.21. The molecular weight excluding hydrogens is 176 g/mol. The summed E-state index contributed by atoms with van der Waals surface area (Å²) in [5, 5.41) is 0. The second kappa shape index (κ2) is 4.60. The average molecular weight is 194 g/mol. The minimum absolute atomic E-state index is 0.585. The Labute approximate surface area is 84.7 Å². The van der Waals surface area contributed by atoms with Gasteiger partial charge in [-0.25, -0.2) is 4.98 Å². The molecule has 2 rings (SSSR count). The van der Waals surface area contributed by atoms with E-state index in [0.29, 0.717) is 5.92 Å². The summed E-state index contributed by atoms with van der Waals surface area (Å²) in [6.07, 6.45) is 8.92. The van der Waals surface area contributed by atoms with Crippen LogP contribution in [0.1, 0.15) is 49.7 Å². The van der Waals surface area contributed by atoms with E-state index in [2.05, 4.69) is 4.98 Å². The van der Waals surface area contributed by atoms with Crippen LogP contribution in [0.15, 0.2) is 10.6 Å². The van der Waals surface area contributed by atoms with Crippen molar-refractivity contribution in [3.8, 4) is 0 Å². The lowest BCUT2D eigenvalue weighted by Gasteiger charge is -2.01. The molecule has 0 saturated heterocycles. The van der Waals surface area contributed by atoms with Crippen molar-refractivity contribution >= 4 is 0 Å². The van der Waals surface area contributed by atoms with Crippen LogP contribution < -0.4 is 5.73 Å². The highest BCUT2D eigenvalue weighted by atomic mass is 16.4. The molecule has 2 N–H and O–H groups in total. The summed E-state index contributed by atoms with van der Waals surface area (Å²) in [4.78, 5) is 4.34. The first-order chi connectivity index (χ1) is 6.90. The Hall–Kier alpha value is -0.830. The smallest absolute Gasteiger partial charge is 0.197 e. The molecule has 0 aromatic carbocycles. The van der Waals surface area contributed by atoms with Gasteiger partial charge in [0.15, 0.2) is 5.89 Å². The molecule has 3 nitrogen and oxygen atoms in total. The maximum Gasteiger partial charge on any atom is 0.197 e. The van der Waals surface area contributed by atoms with Gasteiger partial charge in [0.2, 0.25) is 0 Å². The predicted octanol–water partition coefficient (Wildman–Crippen LogP) is 2.22. The van der Waals surface area contributed by atoms with Crippen molar-refractivity contribution in [2.24, 2.45) is 5.73 Å². The summed E-state index contributed by atoms with van der Waals surface area (Å²) in [5.74, 6) is 2.54. The lowest BCUT2D eigenvalue weighted by atomic mass is 10.1. The van der Waals surface area contributed by atoms with Gasteiger partial charge in [-0.05, 0) is 25.8 Å². The lowest BCUT2D eigenvalue weighted by molar-refractivity contribution is 0.416. The van der Waals surface area contributed by atoms with E-state index >= 15 is 0 Å². The van der Waals surface area contributed by atoms with E-state index in [1.165, 1.54) is 25.7 Å². The molecule has 1 aromatic heterocycles. The SMILES string of the molecule is NCCCc1cnc(C2CCCC2)o1. The van der Waals surface area contributed by atoms with Crippen molar-refractivity contribution in [1.29, 1.82) is 0 Å². The van der Waals surface area contributed by atoms with E-state index in [9.17, 15) is 0 Å². The molecular formula is C11H18N2O. The van der Waals surface area contributed by atoms with E-state index in [1.807, 2.05) is 6.20 Å². The zero-order valence-electron chi connectivity index (χ0n) is 8.54. The van der Waals surface area contributed by atoms with E-state index < -0.39 is 0 Å². The van der Waals surface area contributed by atoms with Crippen LogP contribution in [0.2, 0.25) is 0 Å². The van der Waals surface area contributed by atoms with Crippen molar-refractivity contribution in [1.82, 2.24) is 4.98 Å². The maximum absolute atomic E-state index is 5.70. The molecule has 1 fully saturated rings. The van der Waals surface area contributed by atoms with Crippen LogP contribution in [-0.2, 0) is 6.42 Å². The van der Waals surface area contributed by atoms with E-state index in [0.717, 1.165) is 31.0 Å². The second-order valence-corrected chi connectivity index (χ2v) is 4.04. The Morgan fingerprint density at radius 3 is 2.93 bits per heavy atom. The number of hydrogen-bond acceptors (Lipinski definition) is 3. The number of rotatable bonds is 4. The van der Waals surface area contributed by atoms with Gasteiger partial charge in [-0.3, -0.25) is 0 Å². The second-order valence-electron chi connectivity index (χ2n) is 4.04. The summed E-state index contributed by atoms with van der Waals surface area (Å²) in [6.45, 7) is 0.722. The molecule has 0 amide bonds. The van der Waals surface area contributed by atoms with Gasteiger partial charge in [0.25, 0.3) is 0 Å². The summed E-state index contributed by atoms with van der Waals surface area (Å²) in [5.41, 5.74) is 5.44. The fourth-order valence-corrected chi connectivity index (χ4v) is 2.08. The number of nitrogens with two attached hydrogens (primary N) is 1. The number of aromatic nitrogens is 1. The molecule has 3 heteroatoms. The minimum Gasteiger partial charge on any atom is -0.445 e. The highest BCUT2D eigenvalue weighted by molar-refractivity contribution is 5.00. The fraction of sp³-hybridized carbons (Fsp3) is 0.727. The predicted molar refractivity (Wildman–Crippen MR) is 55.1 cm³/mol. The van der Waals surface area contributed by atoms with E-state index in [1.54, 1.807) is 0 Å². The molecule has 78 valence electrons. The van der Waals surface area contributed by atoms with Crippen LogP contribution >= 0.6 is 0 Å². The number of nitrogens with zero attached hydrogens (tertiary/aromatic N) is 1. The number of oxazole rings is 1. The molecule has 0 atom stereocenters. The van der Waals surface area contributed by atoms with Crippen molar-refractivity contribution in [3.05, 3.63) is 17.8 Å². The van der Waals surface area contributed by atoms with Gasteiger partial charge < -0.3 is 10.2 Å². The minimum atomic E-state index is 0.585. The van der Waals surface area contributed by atoms with Gasteiger partial charge in [0.1, 0.15) is 5.76 Å². The molecule has 0 aliphatic heterocycles. The standard InChI is InChI=1S/C11H18N2O/c12-7-3-6-10-8-13-11(14-10)9-4-1-2-5-9/h8-9H,1-7,12H2. The summed E-state index contributed by atoms with van der Waals surface area (Å²) >= 11 is 0. The van der Waals surface area contributed by atoms with Gasteiger partial charge in [0, 0.05) is 12.3 Å². The van der Waals surface area contributed by atoms with Crippen molar-refractivity contribution < 1.29 is 4.42 Å². The third-order valence-electron chi connectivity index (χ3n) is 2.90. The molecule has 1 aromatic rings. The quantitative estimate of drug-likeness (QED) is 0.799. The summed E-state index contributed by atoms with van der Waals surface area (Å²) in [6, 6.07) is 0. The van der Waals surface area contributed by atoms with Gasteiger partial charge in [-0.1, -0.05) is 12.8 Å². The molecule has 0 bridgehead atoms. The molecule has 1 aliphatic carbocycles. The van der Waals surface area contributed by atoms with Crippen molar-refractivity contribution in [3.63, 3.8) is 0 Å². The molecule has 14 heavy (non-hydrogen) atoms. The topological polar surface area (TPSA) is 52.0 Å². The maximum atomic E-state index is 5.70. The van der Waals surface area contributed by atoms with Crippen LogP contribution in [0.3, 0.4) is 0 Å². The van der Waals surface area contributed by atoms with Crippen LogP contribution in [0, 0.1) is 0 Å². The normalized spacial score (nSPS) is 17.8. The first-order valence-electron chi connectivity index (χ1n) is 5.55. The van der Waals surface area contributed by atoms with Crippen molar-refractivity contribution in [2.45, 2.75) is 44.4 Å². The van der Waals surface area contributed by atoms with Gasteiger partial charge in [-0.15, -0.1) is 0 Å². The Kier molecular flexibility index (Phi) is 3.19. The molecule has 1 aliphatic rings. The molecule has 0 unspecified atom stereocenters. The first-order valence-corrected chi connectivity index (χ1v) is 5.55. The van der Waals surface area contributed by atoms with E-state index in [4.69, 9.17) is 10.2 Å². The molecule has 1 heterocycles. The number of aryl methyl sites for hydroxylation is 1. The van der Waals surface area contributed by atoms with Gasteiger partial charge in [-0.2, -0.15) is 0 Å². The Morgan fingerprint density at radius 1 is 1.43 bits per heavy atom. The monoisotopic (exact) mass is 194 g/mol. The first kappa shape index (κ1) is 9.71. The Bertz CT molecular complexity index is 277. The van der Waals surface area contributed by atoms with E-state index in [-0.39, 0.29) is 0 Å². The summed E-state index contributed by atoms with van der Waals surface area (Å²) < 4.78 is 5.70. The lowest BCUT2D eigenvalue weighted by Crippen LogP contribution is -1.99. The van der Waals surface area contributed by atoms with Crippen molar-refractivity contribution in [2.75, 3.05) is 6.54 Å². The molecule has 0 radical (unpaired) electrons. The molecule has 1 saturated carbocycles. The van der Waals surface area contributed by atoms with Crippen LogP contribution in [-0.4, -0.2) is 11.5 Å². The van der Waals surface area contributed by atoms with Crippen LogP contribution in [0.4, 0.5) is 0 Å². The summed E-state index contributed by atoms with van der Waals surface area (Å²) in [7, 11) is 0. The fourth-order valence-electron chi connectivity index (χ4n) is 2.08. The number of hydrogen-bond donors (Lipinski definition) is 1. The van der Waals surface area contributed by atoms with Crippen LogP contribution in [0.5, 0.6) is 0 Å². The van der Waals surface area contributed by atoms with Gasteiger partial charge in [0.05, 0.1) is 6.20 Å². The third-order valence-corrected chi connectivity index (χ3v) is 2.90. The average Bonchev–Trinajstić information content (AvgIpc) is 2.85. The molecule has 0 spiro atoms. The third kappa shape index (κ3) is 2.15. The Morgan fingerprint density at radius 2 is 2.21 bits per heavy atom. The largest absolute Gasteiger partial charge is 0.445 e. The van der Waals surface area contributed by atoms with Gasteiger partial charge >= 0.3 is 0 Å². The Balaban J connectivity index is 1.94. The highest BCUT2D eigenvalue weighted by Crippen LogP contribution is 2.33. The zero-order chi connectivity index (χ0) is 9.80. The van der Waals surface area contributed by atoms with Crippen LogP contribution in [0.25, 0.3) is 0 Å². The zero-order valence-corrected chi connectivity index (χ0v) is 8.54.